The smallest absolute Gasteiger partial charge is 0.226 e. The minimum absolute atomic E-state index is 0.216. The number of hydrogen-bond donors (Lipinski definition) is 0. The molecule has 0 spiro atoms. The molecule has 1 aromatic heterocycles. The lowest BCUT2D eigenvalue weighted by molar-refractivity contribution is -0.116. The van der Waals surface area contributed by atoms with E-state index in [1.165, 1.54) is 26.2 Å². The molecule has 0 aliphatic carbocycles. The zero-order valence-electron chi connectivity index (χ0n) is 19.7. The molecule has 6 nitrogen and oxygen atoms in total. The lowest BCUT2D eigenvalue weighted by atomic mass is 10.1. The molecular weight excluding hydrogens is 542 g/mol. The number of methoxy groups -OCH3 is 1. The summed E-state index contributed by atoms with van der Waals surface area (Å²) in [6.45, 7) is 1.28. The SMILES string of the molecule is COc1cccc(Cl)c1-c1cc(-c2cccc(N(C(C)=O)C(Cl)(Cl)CC(=O)c3ccc(F)cc3)c2)on1. The highest BCUT2D eigenvalue weighted by atomic mass is 35.5. The van der Waals surface area contributed by atoms with Crippen LogP contribution in [-0.4, -0.2) is 28.4 Å². The van der Waals surface area contributed by atoms with Crippen molar-refractivity contribution in [3.63, 3.8) is 0 Å². The Morgan fingerprint density at radius 2 is 1.76 bits per heavy atom. The summed E-state index contributed by atoms with van der Waals surface area (Å²) < 4.78 is 22.3. The monoisotopic (exact) mass is 560 g/mol. The standard InChI is InChI=1S/C27H20Cl3FN2O4/c1-16(34)33(27(29,30)15-23(35)17-9-11-19(31)12-10-17)20-6-3-5-18(13-20)25-14-22(32-37-25)26-21(28)7-4-8-24(26)36-2/h3-14H,15H2,1-2H3. The van der Waals surface area contributed by atoms with E-state index in [-0.39, 0.29) is 5.56 Å². The van der Waals surface area contributed by atoms with Crippen molar-refractivity contribution < 1.29 is 23.2 Å². The summed E-state index contributed by atoms with van der Waals surface area (Å²) in [7, 11) is 1.53. The van der Waals surface area contributed by atoms with E-state index in [1.807, 2.05) is 0 Å². The number of nitrogens with zero attached hydrogens (tertiary/aromatic N) is 2. The first kappa shape index (κ1) is 26.7. The number of benzene rings is 3. The van der Waals surface area contributed by atoms with Gasteiger partial charge < -0.3 is 9.26 Å². The maximum Gasteiger partial charge on any atom is 0.226 e. The van der Waals surface area contributed by atoms with Crippen LogP contribution in [0.4, 0.5) is 10.1 Å². The van der Waals surface area contributed by atoms with Crippen molar-refractivity contribution in [2.24, 2.45) is 0 Å². The number of carbonyl (C=O) groups excluding carboxylic acids is 2. The molecule has 3 aromatic carbocycles. The van der Waals surface area contributed by atoms with E-state index in [0.717, 1.165) is 17.0 Å². The summed E-state index contributed by atoms with van der Waals surface area (Å²) in [5.41, 5.74) is 2.15. The Kier molecular flexibility index (Phi) is 7.87. The maximum atomic E-state index is 13.2. The lowest BCUT2D eigenvalue weighted by Gasteiger charge is -2.33. The highest BCUT2D eigenvalue weighted by Gasteiger charge is 2.38. The Morgan fingerprint density at radius 3 is 2.43 bits per heavy atom. The molecule has 0 radical (unpaired) electrons. The van der Waals surface area contributed by atoms with Crippen molar-refractivity contribution in [2.75, 3.05) is 12.0 Å². The van der Waals surface area contributed by atoms with Gasteiger partial charge in [-0.15, -0.1) is 0 Å². The van der Waals surface area contributed by atoms with Gasteiger partial charge in [-0.25, -0.2) is 4.39 Å². The summed E-state index contributed by atoms with van der Waals surface area (Å²) >= 11 is 19.5. The Morgan fingerprint density at radius 1 is 1.05 bits per heavy atom. The van der Waals surface area contributed by atoms with E-state index in [9.17, 15) is 14.0 Å². The zero-order chi connectivity index (χ0) is 26.7. The number of alkyl halides is 2. The third kappa shape index (κ3) is 5.80. The molecule has 0 aliphatic rings. The Hall–Kier alpha value is -3.39. The summed E-state index contributed by atoms with van der Waals surface area (Å²) in [5, 5.41) is 4.57. The molecule has 0 saturated heterocycles. The maximum absolute atomic E-state index is 13.2. The highest BCUT2D eigenvalue weighted by Crippen LogP contribution is 2.40. The molecule has 1 amide bonds. The number of ether oxygens (including phenoxy) is 1. The van der Waals surface area contributed by atoms with Crippen molar-refractivity contribution in [2.45, 2.75) is 17.8 Å². The Labute approximate surface area is 227 Å². The van der Waals surface area contributed by atoms with Crippen LogP contribution >= 0.6 is 34.8 Å². The number of hydrogen-bond acceptors (Lipinski definition) is 5. The number of rotatable bonds is 8. The van der Waals surface area contributed by atoms with Gasteiger partial charge in [0.15, 0.2) is 11.5 Å². The summed E-state index contributed by atoms with van der Waals surface area (Å²) in [6, 6.07) is 18.6. The second-order valence-electron chi connectivity index (χ2n) is 8.07. The Balaban J connectivity index is 1.65. The van der Waals surface area contributed by atoms with Crippen LogP contribution in [0.25, 0.3) is 22.6 Å². The van der Waals surface area contributed by atoms with E-state index in [1.54, 1.807) is 48.5 Å². The molecule has 0 aliphatic heterocycles. The van der Waals surface area contributed by atoms with Crippen LogP contribution < -0.4 is 9.64 Å². The van der Waals surface area contributed by atoms with Gasteiger partial charge in [0, 0.05) is 29.8 Å². The van der Waals surface area contributed by atoms with Crippen molar-refractivity contribution in [3.05, 3.63) is 89.2 Å². The number of anilines is 1. The van der Waals surface area contributed by atoms with E-state index in [4.69, 9.17) is 44.1 Å². The highest BCUT2D eigenvalue weighted by molar-refractivity contribution is 6.52. The van der Waals surface area contributed by atoms with E-state index in [2.05, 4.69) is 5.16 Å². The van der Waals surface area contributed by atoms with Gasteiger partial charge in [-0.05, 0) is 48.5 Å². The van der Waals surface area contributed by atoms with Gasteiger partial charge in [0.1, 0.15) is 17.3 Å². The molecule has 4 aromatic rings. The molecule has 0 fully saturated rings. The van der Waals surface area contributed by atoms with Crippen LogP contribution in [-0.2, 0) is 4.79 Å². The van der Waals surface area contributed by atoms with Crippen LogP contribution in [0.5, 0.6) is 5.75 Å². The number of Topliss-reactive ketones (excluding diaryl/α,β-unsaturated/α-hetero) is 1. The van der Waals surface area contributed by atoms with Crippen molar-refractivity contribution in [1.29, 1.82) is 0 Å². The first-order valence-corrected chi connectivity index (χ1v) is 12.1. The third-order valence-electron chi connectivity index (χ3n) is 5.53. The molecule has 1 heterocycles. The van der Waals surface area contributed by atoms with Gasteiger partial charge in [0.2, 0.25) is 10.4 Å². The summed E-state index contributed by atoms with van der Waals surface area (Å²) in [4.78, 5) is 26.5. The van der Waals surface area contributed by atoms with Gasteiger partial charge in [-0.2, -0.15) is 0 Å². The van der Waals surface area contributed by atoms with Crippen molar-refractivity contribution in [1.82, 2.24) is 5.16 Å². The second-order valence-corrected chi connectivity index (χ2v) is 9.92. The van der Waals surface area contributed by atoms with Gasteiger partial charge in [-0.1, -0.05) is 58.2 Å². The molecular formula is C27H20Cl3FN2O4. The molecule has 0 saturated carbocycles. The van der Waals surface area contributed by atoms with Crippen molar-refractivity contribution in [3.8, 4) is 28.3 Å². The van der Waals surface area contributed by atoms with Gasteiger partial charge >= 0.3 is 0 Å². The molecule has 4 rings (SSSR count). The predicted molar refractivity (Wildman–Crippen MR) is 142 cm³/mol. The molecule has 0 atom stereocenters. The lowest BCUT2D eigenvalue weighted by Crippen LogP contribution is -2.44. The third-order valence-corrected chi connectivity index (χ3v) is 6.45. The van der Waals surface area contributed by atoms with Crippen LogP contribution in [0.15, 0.2) is 77.3 Å². The fraction of sp³-hybridized carbons (Fsp3) is 0.148. The average molecular weight is 562 g/mol. The minimum atomic E-state index is -1.92. The number of ketones is 1. The van der Waals surface area contributed by atoms with Gasteiger partial charge in [0.05, 0.1) is 24.1 Å². The summed E-state index contributed by atoms with van der Waals surface area (Å²) in [5.74, 6) is -0.512. The topological polar surface area (TPSA) is 72.6 Å². The van der Waals surface area contributed by atoms with Gasteiger partial charge in [-0.3, -0.25) is 14.5 Å². The second kappa shape index (κ2) is 10.9. The fourth-order valence-corrected chi connectivity index (χ4v) is 4.80. The Bertz CT molecular complexity index is 1450. The number of amides is 1. The molecule has 10 heteroatoms. The van der Waals surface area contributed by atoms with Crippen LogP contribution in [0.3, 0.4) is 0 Å². The van der Waals surface area contributed by atoms with Gasteiger partial charge in [0.25, 0.3) is 0 Å². The van der Waals surface area contributed by atoms with E-state index >= 15 is 0 Å². The summed E-state index contributed by atoms with van der Waals surface area (Å²) in [6.07, 6.45) is -0.426. The first-order valence-electron chi connectivity index (χ1n) is 11.0. The number of aromatic nitrogens is 1. The largest absolute Gasteiger partial charge is 0.496 e. The average Bonchev–Trinajstić information content (AvgIpc) is 3.33. The quantitative estimate of drug-likeness (QED) is 0.126. The zero-order valence-corrected chi connectivity index (χ0v) is 21.9. The van der Waals surface area contributed by atoms with Crippen LogP contribution in [0.1, 0.15) is 23.7 Å². The number of halogens is 4. The normalized spacial score (nSPS) is 11.3. The molecule has 0 bridgehead atoms. The van der Waals surface area contributed by atoms with Crippen LogP contribution in [0, 0.1) is 5.82 Å². The van der Waals surface area contributed by atoms with Crippen molar-refractivity contribution >= 4 is 52.2 Å². The molecule has 0 unspecified atom stereocenters. The molecule has 0 N–H and O–H groups in total. The fourth-order valence-electron chi connectivity index (χ4n) is 3.86. The van der Waals surface area contributed by atoms with E-state index in [0.29, 0.717) is 39.0 Å². The van der Waals surface area contributed by atoms with E-state index < -0.39 is 28.4 Å². The first-order chi connectivity index (χ1) is 17.6. The molecule has 37 heavy (non-hydrogen) atoms. The predicted octanol–water partition coefficient (Wildman–Crippen LogP) is 7.57. The number of carbonyl (C=O) groups is 2. The molecule has 190 valence electrons. The minimum Gasteiger partial charge on any atom is -0.496 e. The van der Waals surface area contributed by atoms with Crippen LogP contribution in [0.2, 0.25) is 5.02 Å².